The number of aromatic nitrogens is 1. The highest BCUT2D eigenvalue weighted by Gasteiger charge is 2.14. The number of esters is 1. The van der Waals surface area contributed by atoms with Crippen LogP contribution in [0.4, 0.5) is 0 Å². The van der Waals surface area contributed by atoms with Crippen molar-refractivity contribution in [3.8, 4) is 0 Å². The number of nitrogens with zero attached hydrogens (tertiary/aromatic N) is 1. The first-order valence-corrected chi connectivity index (χ1v) is 6.12. The third kappa shape index (κ3) is 3.13. The number of benzene rings is 1. The number of pyridine rings is 1. The van der Waals surface area contributed by atoms with Crippen LogP contribution in [0, 0.1) is 0 Å². The molecule has 1 aromatic carbocycles. The molecule has 0 fully saturated rings. The standard InChI is InChI=1S/C14H11ClN2O3/c15-12-11(6-3-7-17-12)14(19)20-8-9-4-1-2-5-10(9)13(16)18/h1-7H,8H2,(H2,16,18). The lowest BCUT2D eigenvalue weighted by Gasteiger charge is -2.08. The average molecular weight is 291 g/mol. The van der Waals surface area contributed by atoms with Gasteiger partial charge in [0, 0.05) is 17.3 Å². The fourth-order valence-electron chi connectivity index (χ4n) is 1.65. The molecule has 1 aromatic heterocycles. The Balaban J connectivity index is 2.12. The normalized spacial score (nSPS) is 10.1. The van der Waals surface area contributed by atoms with Crippen molar-refractivity contribution < 1.29 is 14.3 Å². The quantitative estimate of drug-likeness (QED) is 0.691. The van der Waals surface area contributed by atoms with Gasteiger partial charge in [-0.05, 0) is 18.2 Å². The first kappa shape index (κ1) is 14.0. The summed E-state index contributed by atoms with van der Waals surface area (Å²) in [5.41, 5.74) is 6.27. The summed E-state index contributed by atoms with van der Waals surface area (Å²) in [4.78, 5) is 26.9. The minimum Gasteiger partial charge on any atom is -0.457 e. The zero-order chi connectivity index (χ0) is 14.5. The Kier molecular flexibility index (Phi) is 4.32. The molecule has 2 N–H and O–H groups in total. The minimum atomic E-state index is -0.609. The summed E-state index contributed by atoms with van der Waals surface area (Å²) in [6.07, 6.45) is 1.47. The lowest BCUT2D eigenvalue weighted by atomic mass is 10.1. The predicted octanol–water partition coefficient (Wildman–Crippen LogP) is 2.19. The van der Waals surface area contributed by atoms with Crippen LogP contribution in [0.3, 0.4) is 0 Å². The highest BCUT2D eigenvalue weighted by molar-refractivity contribution is 6.32. The summed E-state index contributed by atoms with van der Waals surface area (Å²) in [7, 11) is 0. The summed E-state index contributed by atoms with van der Waals surface area (Å²) in [6, 6.07) is 9.74. The monoisotopic (exact) mass is 290 g/mol. The van der Waals surface area contributed by atoms with Crippen molar-refractivity contribution in [1.82, 2.24) is 4.98 Å². The van der Waals surface area contributed by atoms with Crippen LogP contribution < -0.4 is 5.73 Å². The Labute approximate surface area is 120 Å². The van der Waals surface area contributed by atoms with E-state index in [0.717, 1.165) is 0 Å². The summed E-state index contributed by atoms with van der Waals surface area (Å²) in [6.45, 7) is -0.0663. The Morgan fingerprint density at radius 3 is 2.55 bits per heavy atom. The fraction of sp³-hybridized carbons (Fsp3) is 0.0714. The van der Waals surface area contributed by atoms with Gasteiger partial charge in [-0.2, -0.15) is 0 Å². The number of halogens is 1. The second kappa shape index (κ2) is 6.16. The number of carbonyl (C=O) groups excluding carboxylic acids is 2. The molecule has 0 aliphatic rings. The number of hydrogen-bond acceptors (Lipinski definition) is 4. The van der Waals surface area contributed by atoms with Gasteiger partial charge in [-0.1, -0.05) is 29.8 Å². The number of rotatable bonds is 4. The molecule has 1 amide bonds. The first-order chi connectivity index (χ1) is 9.59. The van der Waals surface area contributed by atoms with Crippen molar-refractivity contribution in [3.05, 3.63) is 64.4 Å². The smallest absolute Gasteiger partial charge is 0.341 e. The van der Waals surface area contributed by atoms with E-state index in [4.69, 9.17) is 22.1 Å². The van der Waals surface area contributed by atoms with Crippen molar-refractivity contribution in [3.63, 3.8) is 0 Å². The Morgan fingerprint density at radius 1 is 1.15 bits per heavy atom. The number of carbonyl (C=O) groups is 2. The van der Waals surface area contributed by atoms with Gasteiger partial charge >= 0.3 is 5.97 Å². The van der Waals surface area contributed by atoms with Crippen LogP contribution >= 0.6 is 11.6 Å². The van der Waals surface area contributed by atoms with Gasteiger partial charge in [-0.3, -0.25) is 4.79 Å². The van der Waals surface area contributed by atoms with Gasteiger partial charge in [0.15, 0.2) is 0 Å². The summed E-state index contributed by atoms with van der Waals surface area (Å²) in [5.74, 6) is -1.18. The van der Waals surface area contributed by atoms with E-state index in [0.29, 0.717) is 11.1 Å². The molecule has 0 spiro atoms. The molecule has 0 radical (unpaired) electrons. The number of amides is 1. The van der Waals surface area contributed by atoms with E-state index >= 15 is 0 Å². The van der Waals surface area contributed by atoms with E-state index in [1.165, 1.54) is 12.3 Å². The molecule has 1 heterocycles. The largest absolute Gasteiger partial charge is 0.457 e. The molecule has 0 saturated heterocycles. The topological polar surface area (TPSA) is 82.3 Å². The van der Waals surface area contributed by atoms with E-state index in [-0.39, 0.29) is 17.3 Å². The summed E-state index contributed by atoms with van der Waals surface area (Å²) < 4.78 is 5.11. The molecule has 5 nitrogen and oxygen atoms in total. The third-order valence-electron chi connectivity index (χ3n) is 2.62. The SMILES string of the molecule is NC(=O)c1ccccc1COC(=O)c1cccnc1Cl. The Bertz CT molecular complexity index is 658. The second-order valence-electron chi connectivity index (χ2n) is 3.94. The lowest BCUT2D eigenvalue weighted by Crippen LogP contribution is -2.15. The molecule has 0 unspecified atom stereocenters. The molecular weight excluding hydrogens is 280 g/mol. The highest BCUT2D eigenvalue weighted by atomic mass is 35.5. The molecule has 20 heavy (non-hydrogen) atoms. The van der Waals surface area contributed by atoms with Gasteiger partial charge in [0.1, 0.15) is 11.8 Å². The van der Waals surface area contributed by atoms with Crippen molar-refractivity contribution in [1.29, 1.82) is 0 Å². The van der Waals surface area contributed by atoms with Gasteiger partial charge < -0.3 is 10.5 Å². The molecule has 0 saturated carbocycles. The van der Waals surface area contributed by atoms with Crippen molar-refractivity contribution >= 4 is 23.5 Å². The number of nitrogens with two attached hydrogens (primary N) is 1. The maximum atomic E-state index is 11.9. The van der Waals surface area contributed by atoms with E-state index in [2.05, 4.69) is 4.98 Å². The van der Waals surface area contributed by atoms with Crippen molar-refractivity contribution in [2.45, 2.75) is 6.61 Å². The second-order valence-corrected chi connectivity index (χ2v) is 4.30. The van der Waals surface area contributed by atoms with Gasteiger partial charge in [-0.25, -0.2) is 9.78 Å². The lowest BCUT2D eigenvalue weighted by molar-refractivity contribution is 0.0470. The van der Waals surface area contributed by atoms with Crippen LogP contribution in [0.15, 0.2) is 42.6 Å². The molecule has 0 aliphatic carbocycles. The van der Waals surface area contributed by atoms with Crippen molar-refractivity contribution in [2.75, 3.05) is 0 Å². The molecule has 0 bridgehead atoms. The van der Waals surface area contributed by atoms with E-state index in [1.807, 2.05) is 0 Å². The van der Waals surface area contributed by atoms with Crippen LogP contribution in [0.2, 0.25) is 5.15 Å². The fourth-order valence-corrected chi connectivity index (χ4v) is 1.84. The average Bonchev–Trinajstić information content (AvgIpc) is 2.45. The molecule has 102 valence electrons. The summed E-state index contributed by atoms with van der Waals surface area (Å²) in [5, 5.41) is 0.0701. The molecule has 2 rings (SSSR count). The Morgan fingerprint density at radius 2 is 1.85 bits per heavy atom. The number of hydrogen-bond donors (Lipinski definition) is 1. The van der Waals surface area contributed by atoms with E-state index in [9.17, 15) is 9.59 Å². The van der Waals surface area contributed by atoms with Crippen LogP contribution in [0.25, 0.3) is 0 Å². The molecule has 2 aromatic rings. The molecule has 0 atom stereocenters. The molecule has 0 aliphatic heterocycles. The van der Waals surface area contributed by atoms with Crippen LogP contribution in [0.1, 0.15) is 26.3 Å². The van der Waals surface area contributed by atoms with E-state index < -0.39 is 11.9 Å². The predicted molar refractivity (Wildman–Crippen MR) is 73.3 cm³/mol. The molecule has 6 heteroatoms. The maximum Gasteiger partial charge on any atom is 0.341 e. The van der Waals surface area contributed by atoms with Crippen LogP contribution in [-0.4, -0.2) is 16.9 Å². The molecular formula is C14H11ClN2O3. The number of ether oxygens (including phenoxy) is 1. The maximum absolute atomic E-state index is 11.9. The van der Waals surface area contributed by atoms with Crippen LogP contribution in [-0.2, 0) is 11.3 Å². The van der Waals surface area contributed by atoms with Gasteiger partial charge in [-0.15, -0.1) is 0 Å². The highest BCUT2D eigenvalue weighted by Crippen LogP contribution is 2.15. The van der Waals surface area contributed by atoms with Crippen LogP contribution in [0.5, 0.6) is 0 Å². The van der Waals surface area contributed by atoms with Gasteiger partial charge in [0.2, 0.25) is 5.91 Å². The Hall–Kier alpha value is -2.40. The summed E-state index contributed by atoms with van der Waals surface area (Å²) >= 11 is 5.80. The zero-order valence-corrected chi connectivity index (χ0v) is 11.1. The van der Waals surface area contributed by atoms with Crippen molar-refractivity contribution in [2.24, 2.45) is 5.73 Å². The number of primary amides is 1. The minimum absolute atomic E-state index is 0.0663. The third-order valence-corrected chi connectivity index (χ3v) is 2.92. The first-order valence-electron chi connectivity index (χ1n) is 5.75. The van der Waals surface area contributed by atoms with Gasteiger partial charge in [0.25, 0.3) is 0 Å². The zero-order valence-electron chi connectivity index (χ0n) is 10.4. The van der Waals surface area contributed by atoms with Gasteiger partial charge in [0.05, 0.1) is 5.56 Å². The van der Waals surface area contributed by atoms with E-state index in [1.54, 1.807) is 30.3 Å².